The van der Waals surface area contributed by atoms with Crippen LogP contribution in [0.5, 0.6) is 0 Å². The molecule has 1 saturated heterocycles. The Labute approximate surface area is 191 Å². The lowest BCUT2D eigenvalue weighted by Gasteiger charge is -2.32. The van der Waals surface area contributed by atoms with Crippen molar-refractivity contribution in [1.29, 1.82) is 0 Å². The molecule has 4 rings (SSSR count). The summed E-state index contributed by atoms with van der Waals surface area (Å²) in [6, 6.07) is 9.14. The van der Waals surface area contributed by atoms with Gasteiger partial charge in [0, 0.05) is 34.2 Å². The summed E-state index contributed by atoms with van der Waals surface area (Å²) in [7, 11) is 0. The second-order valence-corrected chi connectivity index (χ2v) is 9.30. The van der Waals surface area contributed by atoms with E-state index in [2.05, 4.69) is 5.32 Å². The standard InChI is InChI=1S/C21H16Cl3FN2O2S/c22-11-9-14(23)17-16(10-11)30-19(18(17)24)20(28)26-12-5-7-27(8-6-12)21(29)13-3-1-2-4-15(13)25/h1-4,9-10,12H,5-8H2,(H,26,28). The molecule has 4 nitrogen and oxygen atoms in total. The second-order valence-electron chi connectivity index (χ2n) is 7.03. The minimum Gasteiger partial charge on any atom is -0.348 e. The van der Waals surface area contributed by atoms with Gasteiger partial charge in [0.15, 0.2) is 0 Å². The number of hydrogen-bond acceptors (Lipinski definition) is 3. The summed E-state index contributed by atoms with van der Waals surface area (Å²) >= 11 is 19.9. The number of rotatable bonds is 3. The summed E-state index contributed by atoms with van der Waals surface area (Å²) < 4.78 is 14.6. The van der Waals surface area contributed by atoms with Gasteiger partial charge in [0.1, 0.15) is 10.7 Å². The van der Waals surface area contributed by atoms with Crippen LogP contribution in [0.3, 0.4) is 0 Å². The highest BCUT2D eigenvalue weighted by Crippen LogP contribution is 2.41. The SMILES string of the molecule is O=C(NC1CCN(C(=O)c2ccccc2F)CC1)c1sc2cc(Cl)cc(Cl)c2c1Cl. The van der Waals surface area contributed by atoms with E-state index in [1.807, 2.05) is 0 Å². The number of carbonyl (C=O) groups excluding carboxylic acids is 2. The predicted molar refractivity (Wildman–Crippen MR) is 120 cm³/mol. The van der Waals surface area contributed by atoms with Gasteiger partial charge < -0.3 is 10.2 Å². The molecule has 1 aliphatic heterocycles. The first kappa shape index (κ1) is 21.4. The van der Waals surface area contributed by atoms with Crippen molar-refractivity contribution >= 4 is 68.0 Å². The number of amides is 2. The van der Waals surface area contributed by atoms with E-state index in [1.54, 1.807) is 29.2 Å². The molecule has 0 saturated carbocycles. The van der Waals surface area contributed by atoms with Gasteiger partial charge in [0.05, 0.1) is 15.6 Å². The minimum absolute atomic E-state index is 0.0626. The smallest absolute Gasteiger partial charge is 0.263 e. The number of halogens is 4. The predicted octanol–water partition coefficient (Wildman–Crippen LogP) is 6.04. The van der Waals surface area contributed by atoms with Crippen molar-refractivity contribution in [3.05, 3.63) is 67.7 Å². The van der Waals surface area contributed by atoms with Crippen molar-refractivity contribution < 1.29 is 14.0 Å². The summed E-state index contributed by atoms with van der Waals surface area (Å²) in [5.74, 6) is -1.15. The van der Waals surface area contributed by atoms with E-state index in [9.17, 15) is 14.0 Å². The summed E-state index contributed by atoms with van der Waals surface area (Å²) in [5.41, 5.74) is 0.0626. The Bertz CT molecular complexity index is 1140. The largest absolute Gasteiger partial charge is 0.348 e. The highest BCUT2D eigenvalue weighted by atomic mass is 35.5. The number of nitrogens with zero attached hydrogens (tertiary/aromatic N) is 1. The van der Waals surface area contributed by atoms with Crippen molar-refractivity contribution in [2.75, 3.05) is 13.1 Å². The first-order valence-electron chi connectivity index (χ1n) is 9.27. The minimum atomic E-state index is -0.531. The van der Waals surface area contributed by atoms with Crippen LogP contribution in [-0.2, 0) is 0 Å². The van der Waals surface area contributed by atoms with E-state index in [-0.39, 0.29) is 23.4 Å². The maximum atomic E-state index is 13.9. The summed E-state index contributed by atoms with van der Waals surface area (Å²) in [6.07, 6.45) is 1.14. The average Bonchev–Trinajstić information content (AvgIpc) is 3.05. The van der Waals surface area contributed by atoms with Gasteiger partial charge in [-0.1, -0.05) is 46.9 Å². The van der Waals surface area contributed by atoms with E-state index in [0.717, 1.165) is 4.70 Å². The van der Waals surface area contributed by atoms with Crippen LogP contribution in [0.25, 0.3) is 10.1 Å². The zero-order chi connectivity index (χ0) is 21.4. The van der Waals surface area contributed by atoms with Crippen molar-refractivity contribution in [3.8, 4) is 0 Å². The Hall–Kier alpha value is -1.86. The molecule has 1 N–H and O–H groups in total. The highest BCUT2D eigenvalue weighted by Gasteiger charge is 2.27. The van der Waals surface area contributed by atoms with E-state index in [4.69, 9.17) is 34.8 Å². The van der Waals surface area contributed by atoms with Crippen LogP contribution in [0.1, 0.15) is 32.9 Å². The molecule has 2 heterocycles. The molecule has 9 heteroatoms. The summed E-state index contributed by atoms with van der Waals surface area (Å²) in [6.45, 7) is 0.861. The summed E-state index contributed by atoms with van der Waals surface area (Å²) in [4.78, 5) is 27.3. The number of likely N-dealkylation sites (tertiary alicyclic amines) is 1. The molecular weight excluding hydrogens is 470 g/mol. The lowest BCUT2D eigenvalue weighted by molar-refractivity contribution is 0.0694. The molecule has 1 aliphatic rings. The molecular formula is C21H16Cl3FN2O2S. The van der Waals surface area contributed by atoms with Gasteiger partial charge in [-0.05, 0) is 37.1 Å². The topological polar surface area (TPSA) is 49.4 Å². The fourth-order valence-electron chi connectivity index (χ4n) is 3.54. The molecule has 0 bridgehead atoms. The van der Waals surface area contributed by atoms with E-state index < -0.39 is 5.82 Å². The third-order valence-corrected chi connectivity index (χ3v) is 7.22. The number of fused-ring (bicyclic) bond motifs is 1. The fourth-order valence-corrected chi connectivity index (χ4v) is 5.82. The first-order valence-corrected chi connectivity index (χ1v) is 11.2. The van der Waals surface area contributed by atoms with Crippen LogP contribution in [0.2, 0.25) is 15.1 Å². The van der Waals surface area contributed by atoms with Gasteiger partial charge in [-0.25, -0.2) is 4.39 Å². The van der Waals surface area contributed by atoms with E-state index >= 15 is 0 Å². The van der Waals surface area contributed by atoms with Gasteiger partial charge in [-0.15, -0.1) is 11.3 Å². The molecule has 1 aromatic heterocycles. The Morgan fingerprint density at radius 1 is 1.10 bits per heavy atom. The number of piperidine rings is 1. The molecule has 2 amide bonds. The Kier molecular flexibility index (Phi) is 6.21. The van der Waals surface area contributed by atoms with Crippen LogP contribution < -0.4 is 5.32 Å². The van der Waals surface area contributed by atoms with Gasteiger partial charge >= 0.3 is 0 Å². The van der Waals surface area contributed by atoms with Crippen molar-refractivity contribution in [3.63, 3.8) is 0 Å². The van der Waals surface area contributed by atoms with Gasteiger partial charge in [-0.2, -0.15) is 0 Å². The Morgan fingerprint density at radius 3 is 2.50 bits per heavy atom. The van der Waals surface area contributed by atoms with Crippen molar-refractivity contribution in [2.24, 2.45) is 0 Å². The molecule has 0 atom stereocenters. The lowest BCUT2D eigenvalue weighted by atomic mass is 10.0. The maximum Gasteiger partial charge on any atom is 0.263 e. The quantitative estimate of drug-likeness (QED) is 0.492. The first-order chi connectivity index (χ1) is 14.3. The van der Waals surface area contributed by atoms with Gasteiger partial charge in [0.25, 0.3) is 11.8 Å². The third-order valence-electron chi connectivity index (χ3n) is 5.08. The lowest BCUT2D eigenvalue weighted by Crippen LogP contribution is -2.46. The Balaban J connectivity index is 1.42. The molecule has 0 spiro atoms. The Morgan fingerprint density at radius 2 is 1.80 bits per heavy atom. The molecule has 156 valence electrons. The highest BCUT2D eigenvalue weighted by molar-refractivity contribution is 7.21. The zero-order valence-electron chi connectivity index (χ0n) is 15.6. The fraction of sp³-hybridized carbons (Fsp3) is 0.238. The normalized spacial score (nSPS) is 14.9. The van der Waals surface area contributed by atoms with Crippen molar-refractivity contribution in [1.82, 2.24) is 10.2 Å². The monoisotopic (exact) mass is 484 g/mol. The number of hydrogen-bond donors (Lipinski definition) is 1. The molecule has 0 unspecified atom stereocenters. The number of nitrogens with one attached hydrogen (secondary N) is 1. The zero-order valence-corrected chi connectivity index (χ0v) is 18.6. The van der Waals surface area contributed by atoms with Crippen LogP contribution in [0.15, 0.2) is 36.4 Å². The number of carbonyl (C=O) groups is 2. The van der Waals surface area contributed by atoms with E-state index in [0.29, 0.717) is 51.3 Å². The van der Waals surface area contributed by atoms with Crippen LogP contribution in [0.4, 0.5) is 4.39 Å². The molecule has 2 aromatic carbocycles. The average molecular weight is 486 g/mol. The van der Waals surface area contributed by atoms with Crippen LogP contribution in [0, 0.1) is 5.82 Å². The number of benzene rings is 2. The van der Waals surface area contributed by atoms with Gasteiger partial charge in [-0.3, -0.25) is 9.59 Å². The van der Waals surface area contributed by atoms with Crippen molar-refractivity contribution in [2.45, 2.75) is 18.9 Å². The maximum absolute atomic E-state index is 13.9. The van der Waals surface area contributed by atoms with Crippen LogP contribution in [-0.4, -0.2) is 35.8 Å². The second kappa shape index (κ2) is 8.71. The molecule has 0 aliphatic carbocycles. The third kappa shape index (κ3) is 4.14. The molecule has 3 aromatic rings. The molecule has 1 fully saturated rings. The van der Waals surface area contributed by atoms with Crippen LogP contribution >= 0.6 is 46.1 Å². The molecule has 0 radical (unpaired) electrons. The number of thiophene rings is 1. The van der Waals surface area contributed by atoms with E-state index in [1.165, 1.54) is 23.5 Å². The molecule has 30 heavy (non-hydrogen) atoms. The van der Waals surface area contributed by atoms with Gasteiger partial charge in [0.2, 0.25) is 0 Å². The summed E-state index contributed by atoms with van der Waals surface area (Å²) in [5, 5.41) is 4.78.